The first-order chi connectivity index (χ1) is 8.69. The number of hydrogen-bond acceptors (Lipinski definition) is 3. The molecule has 0 aliphatic rings. The Hall–Kier alpha value is -1.46. The van der Waals surface area contributed by atoms with E-state index in [0.717, 1.165) is 10.0 Å². The molecule has 0 unspecified atom stereocenters. The van der Waals surface area contributed by atoms with Crippen molar-refractivity contribution in [3.63, 3.8) is 0 Å². The van der Waals surface area contributed by atoms with E-state index >= 15 is 0 Å². The van der Waals surface area contributed by atoms with Crippen molar-refractivity contribution in [2.24, 2.45) is 5.73 Å². The Balaban J connectivity index is 2.06. The molecule has 3 nitrogen and oxygen atoms in total. The zero-order chi connectivity index (χ0) is 13.0. The summed E-state index contributed by atoms with van der Waals surface area (Å²) in [5, 5.41) is 0. The van der Waals surface area contributed by atoms with Crippen LogP contribution >= 0.6 is 15.9 Å². The van der Waals surface area contributed by atoms with Crippen molar-refractivity contribution in [1.29, 1.82) is 0 Å². The summed E-state index contributed by atoms with van der Waals surface area (Å²) in [7, 11) is 0. The van der Waals surface area contributed by atoms with Crippen molar-refractivity contribution in [2.45, 2.75) is 13.2 Å². The summed E-state index contributed by atoms with van der Waals surface area (Å²) in [6.45, 7) is 0.531. The molecule has 1 aromatic carbocycles. The van der Waals surface area contributed by atoms with E-state index in [4.69, 9.17) is 10.5 Å². The molecule has 0 aliphatic heterocycles. The largest absolute Gasteiger partial charge is 0.487 e. The van der Waals surface area contributed by atoms with Crippen molar-refractivity contribution >= 4 is 15.9 Å². The van der Waals surface area contributed by atoms with E-state index in [0.29, 0.717) is 17.9 Å². The molecule has 0 atom stereocenters. The van der Waals surface area contributed by atoms with E-state index in [1.807, 2.05) is 6.07 Å². The van der Waals surface area contributed by atoms with Crippen molar-refractivity contribution in [1.82, 2.24) is 4.98 Å². The lowest BCUT2D eigenvalue weighted by molar-refractivity contribution is 0.304. The maximum Gasteiger partial charge on any atom is 0.139 e. The normalized spacial score (nSPS) is 10.4. The fourth-order valence-electron chi connectivity index (χ4n) is 1.51. The minimum Gasteiger partial charge on any atom is -0.487 e. The van der Waals surface area contributed by atoms with Crippen LogP contribution in [-0.2, 0) is 13.2 Å². The Kier molecular flexibility index (Phi) is 4.28. The fraction of sp³-hybridized carbons (Fsp3) is 0.154. The number of halogens is 2. The molecule has 0 fully saturated rings. The fourth-order valence-corrected chi connectivity index (χ4v) is 1.86. The van der Waals surface area contributed by atoms with Gasteiger partial charge in [0, 0.05) is 22.8 Å². The number of nitrogens with zero attached hydrogens (tertiary/aromatic N) is 1. The van der Waals surface area contributed by atoms with Gasteiger partial charge in [0.15, 0.2) is 0 Å². The third-order valence-corrected chi connectivity index (χ3v) is 2.85. The SMILES string of the molecule is NCc1cc(COc2cncc(Br)c2)ccc1F. The number of nitrogens with two attached hydrogens (primary N) is 1. The molecule has 0 radical (unpaired) electrons. The van der Waals surface area contributed by atoms with Gasteiger partial charge in [0.05, 0.1) is 6.20 Å². The highest BCUT2D eigenvalue weighted by Gasteiger charge is 2.03. The molecule has 2 N–H and O–H groups in total. The van der Waals surface area contributed by atoms with Crippen LogP contribution in [0.25, 0.3) is 0 Å². The van der Waals surface area contributed by atoms with Gasteiger partial charge in [-0.2, -0.15) is 0 Å². The van der Waals surface area contributed by atoms with Gasteiger partial charge < -0.3 is 10.5 Å². The molecule has 0 bridgehead atoms. The highest BCUT2D eigenvalue weighted by Crippen LogP contribution is 2.18. The van der Waals surface area contributed by atoms with Gasteiger partial charge in [0.1, 0.15) is 18.2 Å². The first-order valence-corrected chi connectivity index (χ1v) is 6.19. The van der Waals surface area contributed by atoms with E-state index in [2.05, 4.69) is 20.9 Å². The predicted octanol–water partition coefficient (Wildman–Crippen LogP) is 3.02. The maximum atomic E-state index is 13.2. The van der Waals surface area contributed by atoms with Gasteiger partial charge in [0.25, 0.3) is 0 Å². The standard InChI is InChI=1S/C13H12BrFN2O/c14-11-4-12(7-17-6-11)18-8-9-1-2-13(15)10(3-9)5-16/h1-4,6-7H,5,8,16H2. The molecular weight excluding hydrogens is 299 g/mol. The van der Waals surface area contributed by atoms with Gasteiger partial charge in [-0.05, 0) is 39.7 Å². The molecule has 1 aromatic heterocycles. The summed E-state index contributed by atoms with van der Waals surface area (Å²) >= 11 is 3.31. The van der Waals surface area contributed by atoms with E-state index in [1.165, 1.54) is 6.07 Å². The van der Waals surface area contributed by atoms with Gasteiger partial charge in [-0.25, -0.2) is 4.39 Å². The van der Waals surface area contributed by atoms with Crippen LogP contribution in [0.2, 0.25) is 0 Å². The molecule has 0 aliphatic carbocycles. The second-order valence-electron chi connectivity index (χ2n) is 3.76. The van der Waals surface area contributed by atoms with E-state index < -0.39 is 0 Å². The van der Waals surface area contributed by atoms with Crippen LogP contribution in [0, 0.1) is 5.82 Å². The summed E-state index contributed by atoms with van der Waals surface area (Å²) in [6.07, 6.45) is 3.30. The Morgan fingerprint density at radius 2 is 2.11 bits per heavy atom. The zero-order valence-electron chi connectivity index (χ0n) is 9.57. The summed E-state index contributed by atoms with van der Waals surface area (Å²) in [5.74, 6) is 0.369. The van der Waals surface area contributed by atoms with Crippen LogP contribution in [0.3, 0.4) is 0 Å². The minimum atomic E-state index is -0.287. The Morgan fingerprint density at radius 3 is 2.83 bits per heavy atom. The highest BCUT2D eigenvalue weighted by atomic mass is 79.9. The van der Waals surface area contributed by atoms with Crippen molar-refractivity contribution in [2.75, 3.05) is 0 Å². The molecule has 0 saturated heterocycles. The summed E-state index contributed by atoms with van der Waals surface area (Å²) in [5.41, 5.74) is 6.81. The molecule has 0 saturated carbocycles. The van der Waals surface area contributed by atoms with Gasteiger partial charge in [0.2, 0.25) is 0 Å². The molecule has 18 heavy (non-hydrogen) atoms. The summed E-state index contributed by atoms with van der Waals surface area (Å²) < 4.78 is 19.7. The quantitative estimate of drug-likeness (QED) is 0.944. The Morgan fingerprint density at radius 1 is 1.28 bits per heavy atom. The highest BCUT2D eigenvalue weighted by molar-refractivity contribution is 9.10. The molecular formula is C13H12BrFN2O. The monoisotopic (exact) mass is 310 g/mol. The first kappa shape index (κ1) is 13.0. The topological polar surface area (TPSA) is 48.1 Å². The smallest absolute Gasteiger partial charge is 0.139 e. The molecule has 1 heterocycles. The summed E-state index contributed by atoms with van der Waals surface area (Å²) in [4.78, 5) is 3.99. The number of ether oxygens (including phenoxy) is 1. The van der Waals surface area contributed by atoms with E-state index in [-0.39, 0.29) is 12.4 Å². The molecule has 0 amide bonds. The lowest BCUT2D eigenvalue weighted by Crippen LogP contribution is -2.02. The number of hydrogen-bond donors (Lipinski definition) is 1. The Bertz CT molecular complexity index is 548. The van der Waals surface area contributed by atoms with E-state index in [1.54, 1.807) is 24.5 Å². The maximum absolute atomic E-state index is 13.2. The number of aromatic nitrogens is 1. The summed E-state index contributed by atoms with van der Waals surface area (Å²) in [6, 6.07) is 6.61. The molecule has 2 aromatic rings. The lowest BCUT2D eigenvalue weighted by atomic mass is 10.1. The van der Waals surface area contributed by atoms with Crippen molar-refractivity contribution in [3.05, 3.63) is 58.1 Å². The molecule has 2 rings (SSSR count). The van der Waals surface area contributed by atoms with E-state index in [9.17, 15) is 4.39 Å². The predicted molar refractivity (Wildman–Crippen MR) is 70.6 cm³/mol. The van der Waals surface area contributed by atoms with Crippen LogP contribution in [0.1, 0.15) is 11.1 Å². The van der Waals surface area contributed by atoms with Crippen LogP contribution < -0.4 is 10.5 Å². The third-order valence-electron chi connectivity index (χ3n) is 2.42. The Labute approximate surface area is 113 Å². The molecule has 94 valence electrons. The second kappa shape index (κ2) is 5.93. The van der Waals surface area contributed by atoms with Gasteiger partial charge in [-0.15, -0.1) is 0 Å². The van der Waals surface area contributed by atoms with Gasteiger partial charge in [-0.3, -0.25) is 4.98 Å². The average molecular weight is 311 g/mol. The zero-order valence-corrected chi connectivity index (χ0v) is 11.2. The number of benzene rings is 1. The second-order valence-corrected chi connectivity index (χ2v) is 4.67. The third kappa shape index (κ3) is 3.27. The first-order valence-electron chi connectivity index (χ1n) is 5.40. The number of rotatable bonds is 4. The molecule has 5 heteroatoms. The van der Waals surface area contributed by atoms with Crippen LogP contribution in [-0.4, -0.2) is 4.98 Å². The minimum absolute atomic E-state index is 0.179. The van der Waals surface area contributed by atoms with Gasteiger partial charge in [-0.1, -0.05) is 6.07 Å². The van der Waals surface area contributed by atoms with Crippen LogP contribution in [0.15, 0.2) is 41.1 Å². The van der Waals surface area contributed by atoms with Gasteiger partial charge >= 0.3 is 0 Å². The van der Waals surface area contributed by atoms with Crippen LogP contribution in [0.5, 0.6) is 5.75 Å². The number of pyridine rings is 1. The van der Waals surface area contributed by atoms with Crippen molar-refractivity contribution < 1.29 is 9.13 Å². The average Bonchev–Trinajstić information content (AvgIpc) is 2.38. The van der Waals surface area contributed by atoms with Crippen LogP contribution in [0.4, 0.5) is 4.39 Å². The lowest BCUT2D eigenvalue weighted by Gasteiger charge is -2.08. The van der Waals surface area contributed by atoms with Crippen molar-refractivity contribution in [3.8, 4) is 5.75 Å². The molecule has 0 spiro atoms.